The fourth-order valence-electron chi connectivity index (χ4n) is 3.43. The van der Waals surface area contributed by atoms with E-state index in [0.717, 1.165) is 20.3 Å². The van der Waals surface area contributed by atoms with Gasteiger partial charge in [-0.15, -0.1) is 11.8 Å². The van der Waals surface area contributed by atoms with Crippen molar-refractivity contribution in [2.45, 2.75) is 17.4 Å². The summed E-state index contributed by atoms with van der Waals surface area (Å²) in [6.45, 7) is 0.788. The van der Waals surface area contributed by atoms with Gasteiger partial charge in [0.15, 0.2) is 0 Å². The summed E-state index contributed by atoms with van der Waals surface area (Å²) < 4.78 is 0.981. The van der Waals surface area contributed by atoms with E-state index in [1.807, 2.05) is 42.5 Å². The molecule has 1 aliphatic rings. The lowest BCUT2D eigenvalue weighted by Crippen LogP contribution is -2.39. The Morgan fingerprint density at radius 2 is 2.10 bits per heavy atom. The number of likely N-dealkylation sites (tertiary alicyclic amines) is 1. The maximum Gasteiger partial charge on any atom is 0.252 e. The number of aromatic nitrogens is 2. The molecule has 30 heavy (non-hydrogen) atoms. The third-order valence-corrected chi connectivity index (χ3v) is 6.70. The van der Waals surface area contributed by atoms with Gasteiger partial charge < -0.3 is 15.3 Å². The van der Waals surface area contributed by atoms with Gasteiger partial charge in [-0.2, -0.15) is 5.10 Å². The van der Waals surface area contributed by atoms with Crippen LogP contribution in [0.1, 0.15) is 6.42 Å². The highest BCUT2D eigenvalue weighted by molar-refractivity contribution is 9.10. The number of carbonyl (C=O) groups excluding carboxylic acids is 2. The Kier molecular flexibility index (Phi) is 6.40. The van der Waals surface area contributed by atoms with Crippen LogP contribution in [-0.4, -0.2) is 57.0 Å². The second-order valence-electron chi connectivity index (χ2n) is 7.21. The molecular weight excluding hydrogens is 468 g/mol. The van der Waals surface area contributed by atoms with Crippen molar-refractivity contribution in [3.8, 4) is 0 Å². The minimum atomic E-state index is -1.09. The van der Waals surface area contributed by atoms with Gasteiger partial charge in [0, 0.05) is 39.3 Å². The van der Waals surface area contributed by atoms with Crippen molar-refractivity contribution in [1.29, 1.82) is 0 Å². The van der Waals surface area contributed by atoms with E-state index in [0.29, 0.717) is 25.2 Å². The normalized spacial score (nSPS) is 17.3. The van der Waals surface area contributed by atoms with Crippen LogP contribution in [0.25, 0.3) is 10.9 Å². The molecule has 2 aromatic carbocycles. The van der Waals surface area contributed by atoms with E-state index in [-0.39, 0.29) is 23.5 Å². The monoisotopic (exact) mass is 488 g/mol. The van der Waals surface area contributed by atoms with Crippen LogP contribution in [0, 0.1) is 5.92 Å². The van der Waals surface area contributed by atoms with E-state index in [1.54, 1.807) is 11.1 Å². The Morgan fingerprint density at radius 1 is 1.30 bits per heavy atom. The average molecular weight is 489 g/mol. The van der Waals surface area contributed by atoms with Crippen molar-refractivity contribution in [1.82, 2.24) is 15.1 Å². The maximum absolute atomic E-state index is 12.6. The number of aromatic amines is 1. The summed E-state index contributed by atoms with van der Waals surface area (Å²) in [7, 11) is 0. The smallest absolute Gasteiger partial charge is 0.252 e. The molecule has 2 heterocycles. The number of hydrogen-bond acceptors (Lipinski definition) is 5. The molecule has 0 saturated carbocycles. The van der Waals surface area contributed by atoms with Crippen molar-refractivity contribution in [3.63, 3.8) is 0 Å². The minimum Gasteiger partial charge on any atom is -0.382 e. The molecule has 2 atom stereocenters. The summed E-state index contributed by atoms with van der Waals surface area (Å²) in [6, 6.07) is 13.3. The molecule has 1 aliphatic heterocycles. The fourth-order valence-corrected chi connectivity index (χ4v) is 4.51. The molecule has 0 bridgehead atoms. The minimum absolute atomic E-state index is 0.119. The van der Waals surface area contributed by atoms with E-state index in [9.17, 15) is 14.7 Å². The highest BCUT2D eigenvalue weighted by Crippen LogP contribution is 2.24. The molecule has 1 fully saturated rings. The summed E-state index contributed by atoms with van der Waals surface area (Å²) in [5, 5.41) is 21.0. The lowest BCUT2D eigenvalue weighted by Gasteiger charge is -2.20. The molecule has 7 nitrogen and oxygen atoms in total. The quantitative estimate of drug-likeness (QED) is 0.462. The molecule has 9 heteroatoms. The molecule has 3 N–H and O–H groups in total. The molecule has 1 saturated heterocycles. The molecule has 4 rings (SSSR count). The fraction of sp³-hybridized carbons (Fsp3) is 0.286. The zero-order chi connectivity index (χ0) is 21.1. The molecular formula is C21H21BrN4O3S. The van der Waals surface area contributed by atoms with Crippen LogP contribution in [-0.2, 0) is 9.59 Å². The number of H-pyrrole nitrogens is 1. The van der Waals surface area contributed by atoms with Gasteiger partial charge in [-0.3, -0.25) is 14.7 Å². The van der Waals surface area contributed by atoms with E-state index >= 15 is 0 Å². The molecule has 3 aromatic rings. The summed E-state index contributed by atoms with van der Waals surface area (Å²) in [6.07, 6.45) is 1.19. The van der Waals surface area contributed by atoms with Crippen LogP contribution in [0.15, 0.2) is 58.0 Å². The SMILES string of the molecule is O=C(Nc1ccc2[nH]ncc2c1)[C@H]1CCN(C(=O)[C@H](O)CSc2ccc(Br)cc2)C1. The summed E-state index contributed by atoms with van der Waals surface area (Å²) >= 11 is 4.81. The molecule has 0 aliphatic carbocycles. The predicted octanol–water partition coefficient (Wildman–Crippen LogP) is 3.27. The molecule has 0 unspecified atom stereocenters. The lowest BCUT2D eigenvalue weighted by atomic mass is 10.1. The van der Waals surface area contributed by atoms with E-state index < -0.39 is 6.10 Å². The Morgan fingerprint density at radius 3 is 2.90 bits per heavy atom. The summed E-state index contributed by atoms with van der Waals surface area (Å²) in [5.41, 5.74) is 1.60. The van der Waals surface area contributed by atoms with Gasteiger partial charge in [0.2, 0.25) is 5.91 Å². The van der Waals surface area contributed by atoms with Crippen LogP contribution in [0.5, 0.6) is 0 Å². The number of benzene rings is 2. The summed E-state index contributed by atoms with van der Waals surface area (Å²) in [5.74, 6) is -0.458. The zero-order valence-electron chi connectivity index (χ0n) is 16.0. The molecule has 0 spiro atoms. The Labute approximate surface area is 186 Å². The van der Waals surface area contributed by atoms with E-state index in [1.165, 1.54) is 11.8 Å². The second-order valence-corrected chi connectivity index (χ2v) is 9.22. The van der Waals surface area contributed by atoms with Gasteiger partial charge >= 0.3 is 0 Å². The summed E-state index contributed by atoms with van der Waals surface area (Å²) in [4.78, 5) is 27.8. The van der Waals surface area contributed by atoms with Crippen molar-refractivity contribution in [3.05, 3.63) is 53.1 Å². The number of nitrogens with zero attached hydrogens (tertiary/aromatic N) is 2. The first-order valence-corrected chi connectivity index (χ1v) is 11.4. The van der Waals surface area contributed by atoms with Crippen molar-refractivity contribution >= 4 is 56.1 Å². The van der Waals surface area contributed by atoms with Gasteiger partial charge in [0.25, 0.3) is 5.91 Å². The third-order valence-electron chi connectivity index (χ3n) is 5.09. The number of halogens is 1. The number of hydrogen-bond donors (Lipinski definition) is 3. The molecule has 156 valence electrons. The molecule has 0 radical (unpaired) electrons. The average Bonchev–Trinajstić information content (AvgIpc) is 3.42. The number of thioether (sulfide) groups is 1. The number of anilines is 1. The van der Waals surface area contributed by atoms with Gasteiger partial charge in [0.05, 0.1) is 17.6 Å². The van der Waals surface area contributed by atoms with Crippen LogP contribution in [0.2, 0.25) is 0 Å². The number of amides is 2. The maximum atomic E-state index is 12.6. The van der Waals surface area contributed by atoms with E-state index in [4.69, 9.17) is 0 Å². The van der Waals surface area contributed by atoms with Gasteiger partial charge in [-0.05, 0) is 48.9 Å². The van der Waals surface area contributed by atoms with Crippen molar-refractivity contribution < 1.29 is 14.7 Å². The van der Waals surface area contributed by atoms with Gasteiger partial charge in [0.1, 0.15) is 6.10 Å². The first-order valence-electron chi connectivity index (χ1n) is 9.59. The number of rotatable bonds is 6. The van der Waals surface area contributed by atoms with Crippen LogP contribution in [0.4, 0.5) is 5.69 Å². The van der Waals surface area contributed by atoms with Gasteiger partial charge in [-0.25, -0.2) is 0 Å². The van der Waals surface area contributed by atoms with Crippen molar-refractivity contribution in [2.75, 3.05) is 24.2 Å². The van der Waals surface area contributed by atoms with Crippen LogP contribution >= 0.6 is 27.7 Å². The number of fused-ring (bicyclic) bond motifs is 1. The first kappa shape index (κ1) is 20.9. The zero-order valence-corrected chi connectivity index (χ0v) is 18.4. The van der Waals surface area contributed by atoms with Crippen LogP contribution < -0.4 is 5.32 Å². The molecule has 2 amide bonds. The number of aliphatic hydroxyl groups excluding tert-OH is 1. The Hall–Kier alpha value is -2.36. The highest BCUT2D eigenvalue weighted by Gasteiger charge is 2.33. The largest absolute Gasteiger partial charge is 0.382 e. The number of aliphatic hydroxyl groups is 1. The topological polar surface area (TPSA) is 98.3 Å². The number of nitrogens with one attached hydrogen (secondary N) is 2. The molecule has 1 aromatic heterocycles. The van der Waals surface area contributed by atoms with Crippen molar-refractivity contribution in [2.24, 2.45) is 5.92 Å². The highest BCUT2D eigenvalue weighted by atomic mass is 79.9. The number of carbonyl (C=O) groups is 2. The standard InChI is InChI=1S/C21H21BrN4O3S/c22-15-1-4-17(5-2-15)30-12-19(27)21(29)26-8-7-13(11-26)20(28)24-16-3-6-18-14(9-16)10-23-25-18/h1-6,9-10,13,19,27H,7-8,11-12H2,(H,23,25)(H,24,28)/t13-,19+/m0/s1. The van der Waals surface area contributed by atoms with Crippen LogP contribution in [0.3, 0.4) is 0 Å². The first-order chi connectivity index (χ1) is 14.5. The Balaban J connectivity index is 1.28. The predicted molar refractivity (Wildman–Crippen MR) is 120 cm³/mol. The Bertz CT molecular complexity index is 1060. The second kappa shape index (κ2) is 9.20. The van der Waals surface area contributed by atoms with E-state index in [2.05, 4.69) is 31.4 Å². The lowest BCUT2D eigenvalue weighted by molar-refractivity contribution is -0.138. The third kappa shape index (κ3) is 4.85. The van der Waals surface area contributed by atoms with Gasteiger partial charge in [-0.1, -0.05) is 15.9 Å².